The van der Waals surface area contributed by atoms with Gasteiger partial charge >= 0.3 is 0 Å². The summed E-state index contributed by atoms with van der Waals surface area (Å²) in [6.07, 6.45) is 0. The van der Waals surface area contributed by atoms with Gasteiger partial charge in [-0.05, 0) is 56.0 Å². The summed E-state index contributed by atoms with van der Waals surface area (Å²) in [4.78, 5) is 0. The lowest BCUT2D eigenvalue weighted by atomic mass is 10.3. The molecule has 0 saturated carbocycles. The molecule has 0 aliphatic carbocycles. The van der Waals surface area contributed by atoms with Crippen LogP contribution in [0.2, 0.25) is 0 Å². The van der Waals surface area contributed by atoms with Gasteiger partial charge in [-0.1, -0.05) is 17.4 Å². The number of ether oxygens (including phenoxy) is 1. The van der Waals surface area contributed by atoms with Crippen LogP contribution in [0.25, 0.3) is 10.1 Å². The molecule has 0 aliphatic heterocycles. The van der Waals surface area contributed by atoms with Crippen molar-refractivity contribution in [2.45, 2.75) is 0 Å². The maximum absolute atomic E-state index is 5.19. The molecule has 0 atom stereocenters. The van der Waals surface area contributed by atoms with Gasteiger partial charge in [0.1, 0.15) is 0 Å². The monoisotopic (exact) mass is 368 g/mol. The maximum Gasteiger partial charge on any atom is 0.174 e. The van der Waals surface area contributed by atoms with Gasteiger partial charge < -0.3 is 4.74 Å². The summed E-state index contributed by atoms with van der Waals surface area (Å²) in [5.41, 5.74) is 0. The number of benzene rings is 1. The van der Waals surface area contributed by atoms with Gasteiger partial charge in [0.2, 0.25) is 0 Å². The van der Waals surface area contributed by atoms with Crippen LogP contribution >= 0.6 is 49.9 Å². The number of fused-ring (bicyclic) bond motifs is 1. The molecular formula is C9H6BrIOS. The normalized spacial score (nSPS) is 10.7. The summed E-state index contributed by atoms with van der Waals surface area (Å²) in [5.74, 6) is 0. The Morgan fingerprint density at radius 2 is 2.23 bits per heavy atom. The van der Waals surface area contributed by atoms with Gasteiger partial charge in [0, 0.05) is 8.04 Å². The maximum atomic E-state index is 5.19. The Bertz CT molecular complexity index is 452. The van der Waals surface area contributed by atoms with Gasteiger partial charge in [0.05, 0.1) is 11.8 Å². The van der Waals surface area contributed by atoms with Crippen LogP contribution < -0.4 is 4.74 Å². The van der Waals surface area contributed by atoms with Crippen molar-refractivity contribution in [3.63, 3.8) is 0 Å². The molecule has 0 amide bonds. The lowest BCUT2D eigenvalue weighted by Crippen LogP contribution is -1.73. The first-order chi connectivity index (χ1) is 6.22. The summed E-state index contributed by atoms with van der Waals surface area (Å²) in [7, 11) is 1.70. The van der Waals surface area contributed by atoms with Gasteiger partial charge in [-0.25, -0.2) is 0 Å². The van der Waals surface area contributed by atoms with Crippen LogP contribution in [-0.4, -0.2) is 7.11 Å². The Labute approximate surface area is 102 Å². The van der Waals surface area contributed by atoms with Crippen LogP contribution in [0.3, 0.4) is 0 Å². The van der Waals surface area contributed by atoms with Crippen molar-refractivity contribution in [2.75, 3.05) is 7.11 Å². The van der Waals surface area contributed by atoms with Crippen molar-refractivity contribution >= 4 is 59.9 Å². The molecule has 0 unspecified atom stereocenters. The van der Waals surface area contributed by atoms with E-state index in [1.165, 1.54) is 18.1 Å². The molecule has 1 aromatic heterocycles. The smallest absolute Gasteiger partial charge is 0.174 e. The molecule has 1 heterocycles. The number of thiophene rings is 1. The summed E-state index contributed by atoms with van der Waals surface area (Å²) in [6.45, 7) is 0. The van der Waals surface area contributed by atoms with Gasteiger partial charge in [-0.15, -0.1) is 0 Å². The van der Waals surface area contributed by atoms with Crippen LogP contribution in [0.1, 0.15) is 0 Å². The van der Waals surface area contributed by atoms with Gasteiger partial charge in [0.15, 0.2) is 5.06 Å². The van der Waals surface area contributed by atoms with E-state index in [9.17, 15) is 0 Å². The SMILES string of the molecule is COc1cc2ccc(I)c(Br)c2s1. The third-order valence-corrected chi connectivity index (χ3v) is 5.61. The fraction of sp³-hybridized carbons (Fsp3) is 0.111. The number of hydrogen-bond donors (Lipinski definition) is 0. The lowest BCUT2D eigenvalue weighted by molar-refractivity contribution is 0.427. The van der Waals surface area contributed by atoms with Crippen LogP contribution in [0, 0.1) is 3.57 Å². The lowest BCUT2D eigenvalue weighted by Gasteiger charge is -1.95. The second kappa shape index (κ2) is 3.74. The van der Waals surface area contributed by atoms with Gasteiger partial charge in [0.25, 0.3) is 0 Å². The highest BCUT2D eigenvalue weighted by Gasteiger charge is 2.07. The van der Waals surface area contributed by atoms with E-state index < -0.39 is 0 Å². The minimum Gasteiger partial charge on any atom is -0.487 e. The molecule has 0 bridgehead atoms. The highest BCUT2D eigenvalue weighted by molar-refractivity contribution is 14.1. The zero-order chi connectivity index (χ0) is 9.42. The number of halogens is 2. The molecule has 1 nitrogen and oxygen atoms in total. The molecule has 68 valence electrons. The number of rotatable bonds is 1. The molecule has 0 fully saturated rings. The molecule has 13 heavy (non-hydrogen) atoms. The first kappa shape index (κ1) is 9.73. The minimum atomic E-state index is 0.956. The zero-order valence-electron chi connectivity index (χ0n) is 6.80. The molecule has 0 radical (unpaired) electrons. The minimum absolute atomic E-state index is 0.956. The van der Waals surface area contributed by atoms with E-state index in [-0.39, 0.29) is 0 Å². The van der Waals surface area contributed by atoms with Gasteiger partial charge in [-0.3, -0.25) is 0 Å². The van der Waals surface area contributed by atoms with Crippen LogP contribution in [-0.2, 0) is 0 Å². The standard InChI is InChI=1S/C9H6BrIOS/c1-12-7-4-5-2-3-6(11)8(10)9(5)13-7/h2-4H,1H3. The van der Waals surface area contributed by atoms with Crippen molar-refractivity contribution in [3.8, 4) is 5.06 Å². The topological polar surface area (TPSA) is 9.23 Å². The third kappa shape index (κ3) is 1.71. The Kier molecular flexibility index (Phi) is 2.80. The van der Waals surface area contributed by atoms with Crippen molar-refractivity contribution in [3.05, 3.63) is 26.2 Å². The first-order valence-electron chi connectivity index (χ1n) is 3.64. The van der Waals surface area contributed by atoms with E-state index in [0.29, 0.717) is 0 Å². The van der Waals surface area contributed by atoms with Gasteiger partial charge in [-0.2, -0.15) is 0 Å². The van der Waals surface area contributed by atoms with E-state index in [1.54, 1.807) is 18.4 Å². The van der Waals surface area contributed by atoms with Crippen molar-refractivity contribution in [1.82, 2.24) is 0 Å². The number of methoxy groups -OCH3 is 1. The van der Waals surface area contributed by atoms with Crippen LogP contribution in [0.15, 0.2) is 22.7 Å². The van der Waals surface area contributed by atoms with E-state index in [1.807, 2.05) is 0 Å². The molecular weight excluding hydrogens is 363 g/mol. The number of hydrogen-bond acceptors (Lipinski definition) is 2. The molecule has 0 spiro atoms. The Morgan fingerprint density at radius 1 is 1.46 bits per heavy atom. The first-order valence-corrected chi connectivity index (χ1v) is 6.32. The van der Waals surface area contributed by atoms with Crippen molar-refractivity contribution in [1.29, 1.82) is 0 Å². The fourth-order valence-corrected chi connectivity index (χ4v) is 3.27. The second-order valence-electron chi connectivity index (χ2n) is 2.55. The van der Waals surface area contributed by atoms with Crippen LogP contribution in [0.4, 0.5) is 0 Å². The summed E-state index contributed by atoms with van der Waals surface area (Å²) in [5, 5.41) is 2.19. The van der Waals surface area contributed by atoms with Crippen LogP contribution in [0.5, 0.6) is 5.06 Å². The second-order valence-corrected chi connectivity index (χ2v) is 5.52. The van der Waals surface area contributed by atoms with E-state index >= 15 is 0 Å². The largest absolute Gasteiger partial charge is 0.487 e. The highest BCUT2D eigenvalue weighted by atomic mass is 127. The molecule has 2 rings (SSSR count). The molecule has 4 heteroatoms. The van der Waals surface area contributed by atoms with E-state index in [0.717, 1.165) is 5.06 Å². The average molecular weight is 369 g/mol. The Balaban J connectivity index is 2.76. The molecule has 0 aliphatic rings. The van der Waals surface area contributed by atoms with E-state index in [4.69, 9.17) is 4.74 Å². The zero-order valence-corrected chi connectivity index (χ0v) is 11.4. The molecule has 0 saturated heterocycles. The Morgan fingerprint density at radius 3 is 2.92 bits per heavy atom. The van der Waals surface area contributed by atoms with Crippen molar-refractivity contribution < 1.29 is 4.74 Å². The third-order valence-electron chi connectivity index (χ3n) is 1.76. The molecule has 2 aromatic rings. The molecule has 1 aromatic carbocycles. The predicted molar refractivity (Wildman–Crippen MR) is 68.8 cm³/mol. The fourth-order valence-electron chi connectivity index (χ4n) is 1.12. The molecule has 0 N–H and O–H groups in total. The highest BCUT2D eigenvalue weighted by Crippen LogP contribution is 2.38. The van der Waals surface area contributed by atoms with Crippen molar-refractivity contribution in [2.24, 2.45) is 0 Å². The van der Waals surface area contributed by atoms with E-state index in [2.05, 4.69) is 56.7 Å². The summed E-state index contributed by atoms with van der Waals surface area (Å²) >= 11 is 7.55. The average Bonchev–Trinajstić information content (AvgIpc) is 2.55. The predicted octanol–water partition coefficient (Wildman–Crippen LogP) is 4.28. The Hall–Kier alpha value is 0.190. The summed E-state index contributed by atoms with van der Waals surface area (Å²) < 4.78 is 8.84. The quantitative estimate of drug-likeness (QED) is 0.683. The summed E-state index contributed by atoms with van der Waals surface area (Å²) in [6, 6.07) is 6.26.